The van der Waals surface area contributed by atoms with E-state index in [0.717, 1.165) is 4.90 Å². The minimum absolute atomic E-state index is 0.0903. The topological polar surface area (TPSA) is 88.5 Å². The normalized spacial score (nSPS) is 17.8. The van der Waals surface area contributed by atoms with Crippen LogP contribution in [-0.4, -0.2) is 45.8 Å². The Bertz CT molecular complexity index is 1460. The summed E-state index contributed by atoms with van der Waals surface area (Å²) in [6.45, 7) is 0.625. The quantitative estimate of drug-likeness (QED) is 0.215. The first kappa shape index (κ1) is 27.7. The van der Waals surface area contributed by atoms with Crippen LogP contribution in [0.3, 0.4) is 0 Å². The molecule has 0 radical (unpaired) electrons. The van der Waals surface area contributed by atoms with Gasteiger partial charge in [0.05, 0.1) is 17.1 Å². The number of Topliss-reactive ketones (excluding diaryl/α,β-unsaturated/α-hetero) is 1. The van der Waals surface area contributed by atoms with Gasteiger partial charge in [0.15, 0.2) is 5.78 Å². The highest BCUT2D eigenvalue weighted by Gasteiger charge is 2.39. The molecule has 1 N–H and O–H groups in total. The summed E-state index contributed by atoms with van der Waals surface area (Å²) in [5.41, 5.74) is -2.26. The predicted octanol–water partition coefficient (Wildman–Crippen LogP) is 4.57. The third-order valence-electron chi connectivity index (χ3n) is 6.24. The Labute approximate surface area is 227 Å². The molecule has 196 valence electrons. The minimum atomic E-state index is -3.22. The van der Waals surface area contributed by atoms with Gasteiger partial charge in [-0.1, -0.05) is 54.3 Å². The Morgan fingerprint density at radius 3 is 2.62 bits per heavy atom. The molecule has 2 heterocycles. The zero-order valence-corrected chi connectivity index (χ0v) is 23.0. The van der Waals surface area contributed by atoms with Gasteiger partial charge in [0.1, 0.15) is 24.6 Å². The van der Waals surface area contributed by atoms with E-state index in [2.05, 4.69) is 29.8 Å². The van der Waals surface area contributed by atoms with Gasteiger partial charge in [0.25, 0.3) is 0 Å². The highest BCUT2D eigenvalue weighted by Crippen LogP contribution is 2.54. The van der Waals surface area contributed by atoms with Crippen molar-refractivity contribution in [2.45, 2.75) is 38.6 Å². The van der Waals surface area contributed by atoms with Crippen LogP contribution >= 0.6 is 41.6 Å². The lowest BCUT2D eigenvalue weighted by atomic mass is 10.1. The molecule has 0 saturated carbocycles. The number of alkyl halides is 1. The molecule has 4 rings (SSSR count). The first-order valence-electron chi connectivity index (χ1n) is 11.2. The van der Waals surface area contributed by atoms with Gasteiger partial charge in [-0.05, 0) is 25.1 Å². The van der Waals surface area contributed by atoms with E-state index in [0.29, 0.717) is 21.8 Å². The number of hydrogen-bond donors (Lipinski definition) is 3. The van der Waals surface area contributed by atoms with Crippen molar-refractivity contribution in [3.8, 4) is 0 Å². The molecule has 13 heteroatoms. The minimum Gasteiger partial charge on any atom is -0.350 e. The summed E-state index contributed by atoms with van der Waals surface area (Å²) in [6, 6.07) is 8.00. The molecule has 2 amide bonds. The van der Waals surface area contributed by atoms with Crippen molar-refractivity contribution < 1.29 is 27.7 Å². The van der Waals surface area contributed by atoms with E-state index in [1.807, 2.05) is 0 Å². The number of carbonyl (C=O) groups is 3. The fourth-order valence-corrected chi connectivity index (χ4v) is 5.90. The number of fused-ring (bicyclic) bond motifs is 1. The third kappa shape index (κ3) is 5.90. The Morgan fingerprint density at radius 2 is 1.95 bits per heavy atom. The van der Waals surface area contributed by atoms with E-state index < -0.39 is 35.4 Å². The van der Waals surface area contributed by atoms with Crippen LogP contribution in [0.5, 0.6) is 0 Å². The summed E-state index contributed by atoms with van der Waals surface area (Å²) < 4.78 is 42.4. The summed E-state index contributed by atoms with van der Waals surface area (Å²) in [7, 11) is 0. The molecule has 0 spiro atoms. The smallest absolute Gasteiger partial charge is 0.243 e. The van der Waals surface area contributed by atoms with Crippen molar-refractivity contribution >= 4 is 75.4 Å². The van der Waals surface area contributed by atoms with Crippen molar-refractivity contribution in [2.75, 3.05) is 6.54 Å². The largest absolute Gasteiger partial charge is 0.350 e. The summed E-state index contributed by atoms with van der Waals surface area (Å²) in [6.07, 6.45) is -0.119. The van der Waals surface area contributed by atoms with Gasteiger partial charge in [0, 0.05) is 41.0 Å². The van der Waals surface area contributed by atoms with Gasteiger partial charge in [-0.3, -0.25) is 18.9 Å². The third-order valence-corrected chi connectivity index (χ3v) is 8.87. The maximum absolute atomic E-state index is 14.4. The Morgan fingerprint density at radius 1 is 1.22 bits per heavy atom. The van der Waals surface area contributed by atoms with Crippen molar-refractivity contribution in [1.82, 2.24) is 14.8 Å². The molecule has 2 atom stereocenters. The molecule has 0 bridgehead atoms. The summed E-state index contributed by atoms with van der Waals surface area (Å²) in [5, 5.41) is 3.33. The van der Waals surface area contributed by atoms with Crippen LogP contribution < -0.4 is 10.6 Å². The van der Waals surface area contributed by atoms with Crippen LogP contribution in [0.2, 0.25) is 5.02 Å². The average Bonchev–Trinajstić information content (AvgIpc) is 3.40. The number of aromatic nitrogens is 1. The van der Waals surface area contributed by atoms with E-state index in [-0.39, 0.29) is 42.4 Å². The van der Waals surface area contributed by atoms with E-state index in [9.17, 15) is 27.7 Å². The summed E-state index contributed by atoms with van der Waals surface area (Å²) >= 11 is 13.9. The van der Waals surface area contributed by atoms with Crippen molar-refractivity contribution in [3.63, 3.8) is 0 Å². The summed E-state index contributed by atoms with van der Waals surface area (Å²) in [5.74, 6) is -2.08. The van der Waals surface area contributed by atoms with Crippen molar-refractivity contribution in [3.05, 3.63) is 64.6 Å². The maximum Gasteiger partial charge on any atom is 0.243 e. The van der Waals surface area contributed by atoms with E-state index in [4.69, 9.17) is 11.6 Å². The number of nitrogens with one attached hydrogen (secondary N) is 1. The second-order valence-electron chi connectivity index (χ2n) is 8.80. The first-order chi connectivity index (χ1) is 17.4. The second-order valence-corrected chi connectivity index (χ2v) is 15.1. The highest BCUT2D eigenvalue weighted by atomic mass is 35.5. The number of benzene rings is 2. The monoisotopic (exact) mass is 585 g/mol. The Balaban J connectivity index is 1.57. The van der Waals surface area contributed by atoms with Gasteiger partial charge in [0.2, 0.25) is 17.4 Å². The van der Waals surface area contributed by atoms with Gasteiger partial charge in [-0.15, -0.1) is 0 Å². The highest BCUT2D eigenvalue weighted by molar-refractivity contribution is 8.83. The van der Waals surface area contributed by atoms with Crippen LogP contribution in [0.4, 0.5) is 8.78 Å². The predicted molar refractivity (Wildman–Crippen MR) is 145 cm³/mol. The molecule has 1 fully saturated rings. The number of ketones is 1. The number of hydrogen-bond acceptors (Lipinski definition) is 4. The van der Waals surface area contributed by atoms with Gasteiger partial charge < -0.3 is 14.8 Å². The molecule has 7 nitrogen and oxygen atoms in total. The molecule has 2 aromatic carbocycles. The standard InChI is InChI=1S/C24H23ClF2N3O4PS2/c1-13(31)18-11-29(20-8-16(35(34,36)37)5-6-17(18)20)12-22(32)30-10-15(26)7-21(30)24(33)28-9-14-3-2-4-19(25)23(14)27/h2-6,8,11,15,21H,7,9-10,12H2,1H3,(H,28,33)(H2,34,36,37)/t15-,21+/m1/s1. The molecule has 37 heavy (non-hydrogen) atoms. The first-order valence-corrected chi connectivity index (χ1v) is 15.6. The number of carbonyl (C=O) groups excluding carboxylic acids is 3. The molecule has 1 saturated heterocycles. The number of rotatable bonds is 7. The average molecular weight is 586 g/mol. The van der Waals surface area contributed by atoms with E-state index in [1.165, 1.54) is 29.8 Å². The van der Waals surface area contributed by atoms with Crippen LogP contribution in [0.15, 0.2) is 42.6 Å². The van der Waals surface area contributed by atoms with Gasteiger partial charge in [-0.2, -0.15) is 0 Å². The fourth-order valence-electron chi connectivity index (χ4n) is 4.40. The molecule has 1 aromatic heterocycles. The molecule has 3 aromatic rings. The lowest BCUT2D eigenvalue weighted by molar-refractivity contribution is -0.139. The number of nitrogens with zero attached hydrogens (tertiary/aromatic N) is 2. The zero-order chi connectivity index (χ0) is 27.1. The van der Waals surface area contributed by atoms with Crippen molar-refractivity contribution in [1.29, 1.82) is 0 Å². The fraction of sp³-hybridized carbons (Fsp3) is 0.292. The Hall–Kier alpha value is -2.33. The van der Waals surface area contributed by atoms with Gasteiger partial charge in [-0.25, -0.2) is 8.78 Å². The maximum atomic E-state index is 14.4. The number of amides is 2. The molecular formula is C24H23ClF2N3O4PS2. The van der Waals surface area contributed by atoms with E-state index >= 15 is 0 Å². The van der Waals surface area contributed by atoms with Crippen molar-refractivity contribution in [2.24, 2.45) is 0 Å². The molecule has 0 unspecified atom stereocenters. The van der Waals surface area contributed by atoms with Crippen LogP contribution in [0.1, 0.15) is 29.3 Å². The van der Waals surface area contributed by atoms with Crippen LogP contribution in [-0.2, 0) is 27.2 Å². The zero-order valence-electron chi connectivity index (χ0n) is 19.5. The second kappa shape index (κ2) is 10.8. The molecular weight excluding hydrogens is 563 g/mol. The lowest BCUT2D eigenvalue weighted by Gasteiger charge is -2.24. The van der Waals surface area contributed by atoms with Crippen LogP contribution in [0.25, 0.3) is 10.9 Å². The lowest BCUT2D eigenvalue weighted by Crippen LogP contribution is -2.46. The molecule has 1 aliphatic rings. The van der Waals surface area contributed by atoms with Crippen LogP contribution in [0, 0.1) is 5.82 Å². The van der Waals surface area contributed by atoms with Gasteiger partial charge >= 0.3 is 0 Å². The SMILES string of the molecule is CC(=O)c1cn(CC(=O)N2C[C@H](F)C[C@H]2C(=O)NCc2cccc(Cl)c2F)c2cc(P(=O)(S)S)ccc12. The number of thiol groups is 2. The molecule has 1 aliphatic heterocycles. The number of halogens is 3. The Kier molecular flexibility index (Phi) is 8.09. The number of likely N-dealkylation sites (tertiary alicyclic amines) is 1. The molecule has 0 aliphatic carbocycles. The summed E-state index contributed by atoms with van der Waals surface area (Å²) in [4.78, 5) is 39.4. The van der Waals surface area contributed by atoms with E-state index in [1.54, 1.807) is 24.3 Å².